The largest absolute Gasteiger partial charge is 0.289 e. The van der Waals surface area contributed by atoms with Crippen LogP contribution in [-0.4, -0.2) is 5.78 Å². The molecule has 2 rings (SSSR count). The zero-order valence-electron chi connectivity index (χ0n) is 10.7. The lowest BCUT2D eigenvalue weighted by Crippen LogP contribution is -1.97. The third kappa shape index (κ3) is 2.95. The number of aryl methyl sites for hydroxylation is 2. The smallest absolute Gasteiger partial charge is 0.186 e. The third-order valence-corrected chi connectivity index (χ3v) is 2.87. The predicted molar refractivity (Wildman–Crippen MR) is 75.7 cm³/mol. The normalized spacial score (nSPS) is 10.8. The molecule has 0 fully saturated rings. The van der Waals surface area contributed by atoms with Crippen LogP contribution in [0.4, 0.5) is 0 Å². The van der Waals surface area contributed by atoms with Gasteiger partial charge in [-0.2, -0.15) is 0 Å². The van der Waals surface area contributed by atoms with E-state index in [1.165, 1.54) is 5.56 Å². The molecule has 90 valence electrons. The minimum absolute atomic E-state index is 0.0522. The molecule has 18 heavy (non-hydrogen) atoms. The molecule has 0 aromatic heterocycles. The molecule has 1 nitrogen and oxygen atoms in total. The molecule has 0 aliphatic carbocycles. The van der Waals surface area contributed by atoms with Gasteiger partial charge in [-0.3, -0.25) is 4.79 Å². The highest BCUT2D eigenvalue weighted by atomic mass is 16.1. The molecule has 0 aliphatic rings. The summed E-state index contributed by atoms with van der Waals surface area (Å²) in [5.41, 5.74) is 4.01. The summed E-state index contributed by atoms with van der Waals surface area (Å²) in [7, 11) is 0. The van der Waals surface area contributed by atoms with Crippen molar-refractivity contribution in [2.45, 2.75) is 13.8 Å². The van der Waals surface area contributed by atoms with E-state index in [2.05, 4.69) is 0 Å². The molecule has 0 atom stereocenters. The van der Waals surface area contributed by atoms with Gasteiger partial charge >= 0.3 is 0 Å². The molecule has 0 heterocycles. The van der Waals surface area contributed by atoms with Gasteiger partial charge in [-0.1, -0.05) is 60.2 Å². The number of rotatable bonds is 3. The quantitative estimate of drug-likeness (QED) is 0.576. The maximum atomic E-state index is 12.1. The van der Waals surface area contributed by atoms with Crippen LogP contribution in [0.15, 0.2) is 54.6 Å². The van der Waals surface area contributed by atoms with E-state index in [0.29, 0.717) is 0 Å². The summed E-state index contributed by atoms with van der Waals surface area (Å²) in [5.74, 6) is 0.0522. The Hall–Kier alpha value is -2.15. The van der Waals surface area contributed by atoms with E-state index in [4.69, 9.17) is 0 Å². The molecule has 0 saturated carbocycles. The first-order valence-electron chi connectivity index (χ1n) is 6.01. The topological polar surface area (TPSA) is 17.1 Å². The summed E-state index contributed by atoms with van der Waals surface area (Å²) in [6.45, 7) is 4.00. The highest BCUT2D eigenvalue weighted by molar-refractivity contribution is 6.07. The molecule has 0 radical (unpaired) electrons. The zero-order valence-corrected chi connectivity index (χ0v) is 10.7. The van der Waals surface area contributed by atoms with E-state index in [1.807, 2.05) is 68.5 Å². The Morgan fingerprint density at radius 1 is 1.00 bits per heavy atom. The molecule has 0 saturated heterocycles. The molecule has 2 aromatic rings. The summed E-state index contributed by atoms with van der Waals surface area (Å²) in [5, 5.41) is 0. The van der Waals surface area contributed by atoms with Crippen LogP contribution in [0.1, 0.15) is 27.0 Å². The van der Waals surface area contributed by atoms with Crippen molar-refractivity contribution in [3.05, 3.63) is 76.9 Å². The Bertz CT molecular complexity index is 580. The van der Waals surface area contributed by atoms with E-state index in [0.717, 1.165) is 16.7 Å². The molecule has 0 spiro atoms. The van der Waals surface area contributed by atoms with Gasteiger partial charge in [0.25, 0.3) is 0 Å². The van der Waals surface area contributed by atoms with Crippen molar-refractivity contribution in [2.24, 2.45) is 0 Å². The maximum Gasteiger partial charge on any atom is 0.186 e. The van der Waals surface area contributed by atoms with Gasteiger partial charge in [0.1, 0.15) is 0 Å². The molecule has 2 aromatic carbocycles. The van der Waals surface area contributed by atoms with Crippen molar-refractivity contribution in [2.75, 3.05) is 0 Å². The Kier molecular flexibility index (Phi) is 3.73. The first-order chi connectivity index (χ1) is 8.66. The summed E-state index contributed by atoms with van der Waals surface area (Å²) >= 11 is 0. The fourth-order valence-corrected chi connectivity index (χ4v) is 1.92. The Labute approximate surface area is 108 Å². The first-order valence-corrected chi connectivity index (χ1v) is 6.01. The van der Waals surface area contributed by atoms with Crippen molar-refractivity contribution >= 4 is 11.9 Å². The molecule has 0 N–H and O–H groups in total. The van der Waals surface area contributed by atoms with E-state index in [1.54, 1.807) is 6.08 Å². The predicted octanol–water partition coefficient (Wildman–Crippen LogP) is 4.20. The van der Waals surface area contributed by atoms with Gasteiger partial charge in [-0.05, 0) is 31.1 Å². The van der Waals surface area contributed by atoms with E-state index < -0.39 is 0 Å². The van der Waals surface area contributed by atoms with Gasteiger partial charge in [0.2, 0.25) is 0 Å². The van der Waals surface area contributed by atoms with Crippen LogP contribution in [-0.2, 0) is 0 Å². The summed E-state index contributed by atoms with van der Waals surface area (Å²) in [6.07, 6.45) is 3.48. The molecule has 0 unspecified atom stereocenters. The second kappa shape index (κ2) is 5.46. The zero-order chi connectivity index (χ0) is 13.0. The average Bonchev–Trinajstić information content (AvgIpc) is 2.37. The van der Waals surface area contributed by atoms with E-state index in [-0.39, 0.29) is 5.78 Å². The van der Waals surface area contributed by atoms with Crippen LogP contribution in [0.25, 0.3) is 6.08 Å². The lowest BCUT2D eigenvalue weighted by atomic mass is 10.0. The second-order valence-electron chi connectivity index (χ2n) is 4.43. The SMILES string of the molecule is Cc1ccc(C(=O)/C=C\c2ccccc2)c(C)c1. The maximum absolute atomic E-state index is 12.1. The highest BCUT2D eigenvalue weighted by Gasteiger charge is 2.05. The highest BCUT2D eigenvalue weighted by Crippen LogP contribution is 2.12. The number of allylic oxidation sites excluding steroid dienone is 1. The second-order valence-corrected chi connectivity index (χ2v) is 4.43. The lowest BCUT2D eigenvalue weighted by molar-refractivity contribution is 0.104. The average molecular weight is 236 g/mol. The minimum Gasteiger partial charge on any atom is -0.289 e. The van der Waals surface area contributed by atoms with Crippen molar-refractivity contribution in [1.82, 2.24) is 0 Å². The van der Waals surface area contributed by atoms with Crippen LogP contribution in [0.3, 0.4) is 0 Å². The van der Waals surface area contributed by atoms with E-state index >= 15 is 0 Å². The fraction of sp³-hybridized carbons (Fsp3) is 0.118. The summed E-state index contributed by atoms with van der Waals surface area (Å²) in [4.78, 5) is 12.1. The van der Waals surface area contributed by atoms with Gasteiger partial charge in [0, 0.05) is 5.56 Å². The molecule has 0 bridgehead atoms. The number of carbonyl (C=O) groups is 1. The van der Waals surface area contributed by atoms with Gasteiger partial charge in [0.15, 0.2) is 5.78 Å². The molecular weight excluding hydrogens is 220 g/mol. The minimum atomic E-state index is 0.0522. The van der Waals surface area contributed by atoms with Gasteiger partial charge in [-0.15, -0.1) is 0 Å². The number of benzene rings is 2. The Morgan fingerprint density at radius 2 is 1.72 bits per heavy atom. The lowest BCUT2D eigenvalue weighted by Gasteiger charge is -2.02. The van der Waals surface area contributed by atoms with Crippen molar-refractivity contribution in [1.29, 1.82) is 0 Å². The Balaban J connectivity index is 2.20. The number of carbonyl (C=O) groups excluding carboxylic acids is 1. The summed E-state index contributed by atoms with van der Waals surface area (Å²) < 4.78 is 0. The first kappa shape index (κ1) is 12.3. The summed E-state index contributed by atoms with van der Waals surface area (Å²) in [6, 6.07) is 15.7. The van der Waals surface area contributed by atoms with E-state index in [9.17, 15) is 4.79 Å². The van der Waals surface area contributed by atoms with Gasteiger partial charge < -0.3 is 0 Å². The van der Waals surface area contributed by atoms with Crippen molar-refractivity contribution in [3.8, 4) is 0 Å². The van der Waals surface area contributed by atoms with Crippen LogP contribution in [0, 0.1) is 13.8 Å². The fourth-order valence-electron chi connectivity index (χ4n) is 1.92. The van der Waals surface area contributed by atoms with Crippen LogP contribution >= 0.6 is 0 Å². The number of ketones is 1. The van der Waals surface area contributed by atoms with Crippen LogP contribution in [0.5, 0.6) is 0 Å². The number of hydrogen-bond donors (Lipinski definition) is 0. The van der Waals surface area contributed by atoms with Gasteiger partial charge in [0.05, 0.1) is 0 Å². The van der Waals surface area contributed by atoms with Crippen LogP contribution in [0.2, 0.25) is 0 Å². The Morgan fingerprint density at radius 3 is 2.39 bits per heavy atom. The standard InChI is InChI=1S/C17H16O/c1-13-8-10-16(14(2)12-13)17(18)11-9-15-6-4-3-5-7-15/h3-12H,1-2H3/b11-9-. The van der Waals surface area contributed by atoms with Gasteiger partial charge in [-0.25, -0.2) is 0 Å². The molecule has 1 heteroatoms. The molecular formula is C17H16O. The van der Waals surface area contributed by atoms with Crippen molar-refractivity contribution in [3.63, 3.8) is 0 Å². The number of hydrogen-bond acceptors (Lipinski definition) is 1. The van der Waals surface area contributed by atoms with Crippen molar-refractivity contribution < 1.29 is 4.79 Å². The monoisotopic (exact) mass is 236 g/mol. The third-order valence-electron chi connectivity index (χ3n) is 2.87. The van der Waals surface area contributed by atoms with Crippen LogP contribution < -0.4 is 0 Å². The molecule has 0 aliphatic heterocycles. The molecule has 0 amide bonds.